The third kappa shape index (κ3) is 1.80. The Kier molecular flexibility index (Phi) is 2.81. The normalized spacial score (nSPS) is 30.3. The van der Waals surface area contributed by atoms with Gasteiger partial charge >= 0.3 is 0 Å². The van der Waals surface area contributed by atoms with Crippen molar-refractivity contribution in [2.24, 2.45) is 11.3 Å². The van der Waals surface area contributed by atoms with Crippen LogP contribution in [0.4, 0.5) is 0 Å². The van der Waals surface area contributed by atoms with Gasteiger partial charge in [-0.1, -0.05) is 26.2 Å². The summed E-state index contributed by atoms with van der Waals surface area (Å²) in [4.78, 5) is 23.3. The zero-order chi connectivity index (χ0) is 10.9. The topological polar surface area (TPSA) is 46.2 Å². The molecule has 2 amide bonds. The number of imide groups is 1. The van der Waals surface area contributed by atoms with Crippen LogP contribution in [0.2, 0.25) is 0 Å². The molecular formula is C12H19NO2. The Bertz CT molecular complexity index is 279. The summed E-state index contributed by atoms with van der Waals surface area (Å²) in [5, 5.41) is 2.47. The van der Waals surface area contributed by atoms with Gasteiger partial charge in [0.05, 0.1) is 0 Å². The van der Waals surface area contributed by atoms with Gasteiger partial charge in [0.2, 0.25) is 11.8 Å². The van der Waals surface area contributed by atoms with Crippen LogP contribution in [0.3, 0.4) is 0 Å². The predicted octanol–water partition coefficient (Wildman–Crippen LogP) is 2.01. The highest BCUT2D eigenvalue weighted by Crippen LogP contribution is 2.48. The van der Waals surface area contributed by atoms with E-state index < -0.39 is 0 Å². The monoisotopic (exact) mass is 209 g/mol. The molecule has 1 aliphatic heterocycles. The fraction of sp³-hybridized carbons (Fsp3) is 0.833. The number of nitrogens with one attached hydrogen (secondary N) is 1. The van der Waals surface area contributed by atoms with E-state index in [1.165, 1.54) is 19.3 Å². The molecule has 1 unspecified atom stereocenters. The average molecular weight is 209 g/mol. The van der Waals surface area contributed by atoms with E-state index in [1.807, 2.05) is 0 Å². The van der Waals surface area contributed by atoms with E-state index in [0.717, 1.165) is 19.3 Å². The minimum Gasteiger partial charge on any atom is -0.296 e. The molecule has 15 heavy (non-hydrogen) atoms. The van der Waals surface area contributed by atoms with Gasteiger partial charge in [0.15, 0.2) is 0 Å². The van der Waals surface area contributed by atoms with Crippen LogP contribution < -0.4 is 5.32 Å². The Morgan fingerprint density at radius 1 is 1.27 bits per heavy atom. The first-order valence-corrected chi connectivity index (χ1v) is 6.02. The van der Waals surface area contributed by atoms with Crippen molar-refractivity contribution in [3.63, 3.8) is 0 Å². The number of carbonyl (C=O) groups excluding carboxylic acids is 2. The molecule has 1 spiro atoms. The number of carbonyl (C=O) groups is 2. The first-order chi connectivity index (χ1) is 7.18. The molecule has 1 N–H and O–H groups in total. The van der Waals surface area contributed by atoms with Crippen LogP contribution in [0.15, 0.2) is 0 Å². The van der Waals surface area contributed by atoms with Crippen LogP contribution in [-0.4, -0.2) is 11.8 Å². The van der Waals surface area contributed by atoms with Crippen molar-refractivity contribution in [2.75, 3.05) is 0 Å². The first-order valence-electron chi connectivity index (χ1n) is 6.02. The second-order valence-corrected chi connectivity index (χ2v) is 4.97. The van der Waals surface area contributed by atoms with E-state index in [9.17, 15) is 9.59 Å². The number of rotatable bonds is 1. The lowest BCUT2D eigenvalue weighted by atomic mass is 9.61. The van der Waals surface area contributed by atoms with E-state index in [4.69, 9.17) is 0 Å². The lowest BCUT2D eigenvalue weighted by Gasteiger charge is -2.44. The number of hydrogen-bond donors (Lipinski definition) is 1. The van der Waals surface area contributed by atoms with Crippen LogP contribution in [0.1, 0.15) is 51.9 Å². The molecule has 84 valence electrons. The highest BCUT2D eigenvalue weighted by atomic mass is 16.2. The van der Waals surface area contributed by atoms with E-state index in [1.54, 1.807) is 0 Å². The fourth-order valence-corrected chi connectivity index (χ4v) is 3.39. The van der Waals surface area contributed by atoms with Crippen LogP contribution in [0.25, 0.3) is 0 Å². The fourth-order valence-electron chi connectivity index (χ4n) is 3.39. The van der Waals surface area contributed by atoms with E-state index in [0.29, 0.717) is 6.42 Å². The van der Waals surface area contributed by atoms with Crippen molar-refractivity contribution in [2.45, 2.75) is 51.9 Å². The minimum absolute atomic E-state index is 0.00637. The van der Waals surface area contributed by atoms with Crippen molar-refractivity contribution in [1.29, 1.82) is 0 Å². The molecule has 1 aliphatic carbocycles. The highest BCUT2D eigenvalue weighted by molar-refractivity contribution is 5.99. The molecule has 2 rings (SSSR count). The Morgan fingerprint density at radius 3 is 2.53 bits per heavy atom. The molecule has 0 aromatic rings. The lowest BCUT2D eigenvalue weighted by Crippen LogP contribution is -2.52. The van der Waals surface area contributed by atoms with Crippen LogP contribution in [0, 0.1) is 11.3 Å². The van der Waals surface area contributed by atoms with Gasteiger partial charge in [-0.05, 0) is 24.7 Å². The van der Waals surface area contributed by atoms with Gasteiger partial charge in [-0.15, -0.1) is 0 Å². The smallest absolute Gasteiger partial charge is 0.230 e. The van der Waals surface area contributed by atoms with Gasteiger partial charge in [0.25, 0.3) is 0 Å². The molecule has 1 saturated heterocycles. The SMILES string of the molecule is CCC1C(=O)NC(=O)CC12CCCCC2. The summed E-state index contributed by atoms with van der Waals surface area (Å²) in [6.45, 7) is 2.05. The zero-order valence-electron chi connectivity index (χ0n) is 9.34. The van der Waals surface area contributed by atoms with E-state index in [-0.39, 0.29) is 23.1 Å². The maximum atomic E-state index is 11.8. The van der Waals surface area contributed by atoms with Crippen LogP contribution in [0.5, 0.6) is 0 Å². The summed E-state index contributed by atoms with van der Waals surface area (Å²) in [5.74, 6) is -0.0299. The van der Waals surface area contributed by atoms with Gasteiger partial charge in [-0.25, -0.2) is 0 Å². The predicted molar refractivity (Wildman–Crippen MR) is 57.1 cm³/mol. The number of hydrogen-bond acceptors (Lipinski definition) is 2. The second kappa shape index (κ2) is 3.95. The summed E-state index contributed by atoms with van der Waals surface area (Å²) in [7, 11) is 0. The largest absolute Gasteiger partial charge is 0.296 e. The maximum absolute atomic E-state index is 11.8. The molecule has 0 bridgehead atoms. The molecule has 2 aliphatic rings. The summed E-state index contributed by atoms with van der Waals surface area (Å²) >= 11 is 0. The van der Waals surface area contributed by atoms with Crippen LogP contribution >= 0.6 is 0 Å². The van der Waals surface area contributed by atoms with Gasteiger partial charge in [0.1, 0.15) is 0 Å². The zero-order valence-corrected chi connectivity index (χ0v) is 9.34. The standard InChI is InChI=1S/C12H19NO2/c1-2-9-11(15)13-10(14)8-12(9)6-4-3-5-7-12/h9H,2-8H2,1H3,(H,13,14,15). The minimum atomic E-state index is -0.0633. The molecule has 3 nitrogen and oxygen atoms in total. The molecule has 1 saturated carbocycles. The Hall–Kier alpha value is -0.860. The Labute approximate surface area is 90.6 Å². The lowest BCUT2D eigenvalue weighted by molar-refractivity contribution is -0.145. The van der Waals surface area contributed by atoms with E-state index >= 15 is 0 Å². The molecule has 2 fully saturated rings. The molecule has 1 atom stereocenters. The second-order valence-electron chi connectivity index (χ2n) is 4.97. The maximum Gasteiger partial charge on any atom is 0.230 e. The number of amides is 2. The van der Waals surface area contributed by atoms with Gasteiger partial charge in [-0.3, -0.25) is 14.9 Å². The Balaban J connectivity index is 2.24. The van der Waals surface area contributed by atoms with Crippen molar-refractivity contribution < 1.29 is 9.59 Å². The quantitative estimate of drug-likeness (QED) is 0.671. The third-order valence-electron chi connectivity index (χ3n) is 4.09. The molecule has 0 aromatic carbocycles. The molecular weight excluding hydrogens is 190 g/mol. The molecule has 0 radical (unpaired) electrons. The van der Waals surface area contributed by atoms with Crippen molar-refractivity contribution in [3.8, 4) is 0 Å². The van der Waals surface area contributed by atoms with Gasteiger partial charge < -0.3 is 0 Å². The Morgan fingerprint density at radius 2 is 1.93 bits per heavy atom. The summed E-state index contributed by atoms with van der Waals surface area (Å²) in [5.41, 5.74) is 0.00637. The average Bonchev–Trinajstić information content (AvgIpc) is 2.18. The first kappa shape index (κ1) is 10.7. The van der Waals surface area contributed by atoms with Crippen molar-refractivity contribution in [1.82, 2.24) is 5.32 Å². The number of piperidine rings is 1. The molecule has 0 aromatic heterocycles. The van der Waals surface area contributed by atoms with E-state index in [2.05, 4.69) is 12.2 Å². The van der Waals surface area contributed by atoms with Gasteiger partial charge in [0, 0.05) is 12.3 Å². The van der Waals surface area contributed by atoms with Crippen molar-refractivity contribution in [3.05, 3.63) is 0 Å². The third-order valence-corrected chi connectivity index (χ3v) is 4.09. The molecule has 3 heteroatoms. The van der Waals surface area contributed by atoms with Gasteiger partial charge in [-0.2, -0.15) is 0 Å². The molecule has 1 heterocycles. The van der Waals surface area contributed by atoms with Crippen molar-refractivity contribution >= 4 is 11.8 Å². The summed E-state index contributed by atoms with van der Waals surface area (Å²) < 4.78 is 0. The highest BCUT2D eigenvalue weighted by Gasteiger charge is 2.47. The summed E-state index contributed by atoms with van der Waals surface area (Å²) in [6, 6.07) is 0. The summed E-state index contributed by atoms with van der Waals surface area (Å²) in [6.07, 6.45) is 7.16. The van der Waals surface area contributed by atoms with Crippen LogP contribution in [-0.2, 0) is 9.59 Å².